The molecule has 0 aliphatic rings. The maximum Gasteiger partial charge on any atom is 0.276 e. The van der Waals surface area contributed by atoms with E-state index >= 15 is 0 Å². The fourth-order valence-corrected chi connectivity index (χ4v) is 4.68. The van der Waals surface area contributed by atoms with Crippen LogP contribution in [-0.4, -0.2) is 32.6 Å². The molecule has 1 unspecified atom stereocenters. The molecule has 9 heteroatoms. The summed E-state index contributed by atoms with van der Waals surface area (Å²) in [4.78, 5) is 33.3. The monoisotopic (exact) mass is 477 g/mol. The van der Waals surface area contributed by atoms with Crippen LogP contribution in [0.1, 0.15) is 35.9 Å². The number of carbonyl (C=O) groups excluding carboxylic acids is 2. The molecule has 4 rings (SSSR count). The van der Waals surface area contributed by atoms with Crippen molar-refractivity contribution >= 4 is 40.0 Å². The van der Waals surface area contributed by atoms with Crippen molar-refractivity contribution in [2.45, 2.75) is 25.0 Å². The zero-order chi connectivity index (χ0) is 23.4. The summed E-state index contributed by atoms with van der Waals surface area (Å²) in [5.41, 5.74) is 4.04. The highest BCUT2D eigenvalue weighted by Crippen LogP contribution is 2.27. The van der Waals surface area contributed by atoms with E-state index in [9.17, 15) is 9.59 Å². The molecule has 0 saturated heterocycles. The predicted molar refractivity (Wildman–Crippen MR) is 133 cm³/mol. The van der Waals surface area contributed by atoms with Gasteiger partial charge in [-0.05, 0) is 30.9 Å². The molecular weight excluding hydrogens is 454 g/mol. The number of nitrogens with one attached hydrogen (secondary N) is 2. The number of aromatic nitrogens is 3. The number of hydrogen-bond donors (Lipinski definition) is 2. The van der Waals surface area contributed by atoms with Gasteiger partial charge in [0.25, 0.3) is 5.91 Å². The number of thioether (sulfide) groups is 1. The van der Waals surface area contributed by atoms with Crippen molar-refractivity contribution in [1.82, 2.24) is 19.9 Å². The standard InChI is InChI=1S/C24H23N5O2S2/c1-15(26-16(2)30)17-9-11-18(12-10-17)20-14-33-23(27-20)28-22(31)21-13-25-24(32-3)29(21)19-7-5-4-6-8-19/h4-15H,1-3H3,(H,26,30)(H,27,28,31). The van der Waals surface area contributed by atoms with Crippen molar-refractivity contribution < 1.29 is 9.59 Å². The molecule has 0 spiro atoms. The van der Waals surface area contributed by atoms with Crippen molar-refractivity contribution in [3.63, 3.8) is 0 Å². The van der Waals surface area contributed by atoms with Crippen LogP contribution in [0.4, 0.5) is 5.13 Å². The number of benzene rings is 2. The number of hydrogen-bond acceptors (Lipinski definition) is 6. The molecule has 0 saturated carbocycles. The van der Waals surface area contributed by atoms with Crippen LogP contribution in [0.5, 0.6) is 0 Å². The Morgan fingerprint density at radius 3 is 2.48 bits per heavy atom. The second-order valence-corrected chi connectivity index (χ2v) is 8.97. The zero-order valence-corrected chi connectivity index (χ0v) is 20.0. The minimum absolute atomic E-state index is 0.0651. The molecule has 2 amide bonds. The number of nitrogens with zero attached hydrogens (tertiary/aromatic N) is 3. The summed E-state index contributed by atoms with van der Waals surface area (Å²) < 4.78 is 1.84. The Bertz CT molecular complexity index is 1270. The van der Waals surface area contributed by atoms with Crippen LogP contribution in [0.15, 0.2) is 71.3 Å². The Morgan fingerprint density at radius 1 is 1.09 bits per heavy atom. The lowest BCUT2D eigenvalue weighted by atomic mass is 10.1. The van der Waals surface area contributed by atoms with E-state index in [2.05, 4.69) is 20.6 Å². The van der Waals surface area contributed by atoms with Gasteiger partial charge in [-0.3, -0.25) is 19.5 Å². The number of carbonyl (C=O) groups is 2. The number of thiazole rings is 1. The van der Waals surface area contributed by atoms with Gasteiger partial charge >= 0.3 is 0 Å². The molecule has 168 valence electrons. The van der Waals surface area contributed by atoms with E-state index in [-0.39, 0.29) is 17.9 Å². The van der Waals surface area contributed by atoms with Crippen LogP contribution in [0.3, 0.4) is 0 Å². The van der Waals surface area contributed by atoms with E-state index < -0.39 is 0 Å². The highest BCUT2D eigenvalue weighted by Gasteiger charge is 2.19. The molecule has 1 atom stereocenters. The number of imidazole rings is 1. The van der Waals surface area contributed by atoms with Crippen LogP contribution in [0.25, 0.3) is 16.9 Å². The largest absolute Gasteiger partial charge is 0.350 e. The maximum absolute atomic E-state index is 13.0. The lowest BCUT2D eigenvalue weighted by Gasteiger charge is -2.13. The van der Waals surface area contributed by atoms with E-state index in [1.807, 2.05) is 77.7 Å². The van der Waals surface area contributed by atoms with Crippen molar-refractivity contribution in [3.8, 4) is 16.9 Å². The van der Waals surface area contributed by atoms with Gasteiger partial charge in [-0.2, -0.15) is 0 Å². The molecule has 2 aromatic heterocycles. The summed E-state index contributed by atoms with van der Waals surface area (Å²) in [7, 11) is 0. The first-order chi connectivity index (χ1) is 16.0. The molecule has 33 heavy (non-hydrogen) atoms. The van der Waals surface area contributed by atoms with Gasteiger partial charge in [0, 0.05) is 23.6 Å². The third kappa shape index (κ3) is 5.15. The normalized spacial score (nSPS) is 11.7. The molecule has 2 aromatic carbocycles. The zero-order valence-electron chi connectivity index (χ0n) is 18.4. The average molecular weight is 478 g/mol. The van der Waals surface area contributed by atoms with Gasteiger partial charge in [0.15, 0.2) is 10.3 Å². The van der Waals surface area contributed by atoms with Crippen LogP contribution < -0.4 is 10.6 Å². The molecule has 2 N–H and O–H groups in total. The Labute approximate surface area is 200 Å². The van der Waals surface area contributed by atoms with E-state index in [1.54, 1.807) is 6.20 Å². The Hall–Kier alpha value is -3.43. The highest BCUT2D eigenvalue weighted by molar-refractivity contribution is 7.98. The summed E-state index contributed by atoms with van der Waals surface area (Å²) in [6.07, 6.45) is 3.51. The van der Waals surface area contributed by atoms with Crippen molar-refractivity contribution in [2.24, 2.45) is 0 Å². The lowest BCUT2D eigenvalue weighted by Crippen LogP contribution is -2.23. The van der Waals surface area contributed by atoms with Crippen LogP contribution in [0, 0.1) is 0 Å². The quantitative estimate of drug-likeness (QED) is 0.359. The topological polar surface area (TPSA) is 88.9 Å². The molecule has 0 aliphatic heterocycles. The molecule has 7 nitrogen and oxygen atoms in total. The van der Waals surface area contributed by atoms with Crippen molar-refractivity contribution in [3.05, 3.63) is 77.4 Å². The number of amides is 2. The third-order valence-electron chi connectivity index (χ3n) is 5.01. The first kappa shape index (κ1) is 22.8. The van der Waals surface area contributed by atoms with Gasteiger partial charge in [-0.25, -0.2) is 9.97 Å². The van der Waals surface area contributed by atoms with Gasteiger partial charge in [0.1, 0.15) is 5.69 Å². The molecule has 0 aliphatic carbocycles. The fourth-order valence-electron chi connectivity index (χ4n) is 3.42. The predicted octanol–water partition coefficient (Wildman–Crippen LogP) is 5.17. The Balaban J connectivity index is 1.51. The molecule has 0 fully saturated rings. The molecule has 0 bridgehead atoms. The lowest BCUT2D eigenvalue weighted by molar-refractivity contribution is -0.119. The fraction of sp³-hybridized carbons (Fsp3) is 0.167. The van der Waals surface area contributed by atoms with Gasteiger partial charge in [0.2, 0.25) is 5.91 Å². The summed E-state index contributed by atoms with van der Waals surface area (Å²) in [6.45, 7) is 3.44. The highest BCUT2D eigenvalue weighted by atomic mass is 32.2. The molecule has 0 radical (unpaired) electrons. The number of anilines is 1. The summed E-state index contributed by atoms with van der Waals surface area (Å²) in [5, 5.41) is 8.92. The molecule has 2 heterocycles. The van der Waals surface area contributed by atoms with Gasteiger partial charge in [0.05, 0.1) is 17.9 Å². The minimum atomic E-state index is -0.271. The summed E-state index contributed by atoms with van der Waals surface area (Å²) >= 11 is 2.84. The van der Waals surface area contributed by atoms with E-state index in [0.29, 0.717) is 10.8 Å². The van der Waals surface area contributed by atoms with Crippen molar-refractivity contribution in [2.75, 3.05) is 11.6 Å². The van der Waals surface area contributed by atoms with Crippen LogP contribution in [-0.2, 0) is 4.79 Å². The smallest absolute Gasteiger partial charge is 0.276 e. The second-order valence-electron chi connectivity index (χ2n) is 7.34. The first-order valence-corrected chi connectivity index (χ1v) is 12.4. The molecular formula is C24H23N5O2S2. The van der Waals surface area contributed by atoms with E-state index in [0.717, 1.165) is 27.7 Å². The average Bonchev–Trinajstić information content (AvgIpc) is 3.46. The molecule has 4 aromatic rings. The van der Waals surface area contributed by atoms with E-state index in [4.69, 9.17) is 0 Å². The second kappa shape index (κ2) is 10.0. The van der Waals surface area contributed by atoms with Gasteiger partial charge in [-0.15, -0.1) is 11.3 Å². The Morgan fingerprint density at radius 2 is 1.82 bits per heavy atom. The SMILES string of the molecule is CSc1ncc(C(=O)Nc2nc(-c3ccc(C(C)NC(C)=O)cc3)cs2)n1-c1ccccc1. The van der Waals surface area contributed by atoms with Gasteiger partial charge < -0.3 is 5.32 Å². The van der Waals surface area contributed by atoms with Gasteiger partial charge in [-0.1, -0.05) is 54.2 Å². The Kier molecular flexibility index (Phi) is 6.90. The number of para-hydroxylation sites is 1. The van der Waals surface area contributed by atoms with Crippen molar-refractivity contribution in [1.29, 1.82) is 0 Å². The minimum Gasteiger partial charge on any atom is -0.350 e. The van der Waals surface area contributed by atoms with E-state index in [1.165, 1.54) is 30.0 Å². The number of rotatable bonds is 7. The summed E-state index contributed by atoms with van der Waals surface area (Å²) in [5.74, 6) is -0.336. The van der Waals surface area contributed by atoms with Crippen LogP contribution >= 0.6 is 23.1 Å². The first-order valence-electron chi connectivity index (χ1n) is 10.3. The maximum atomic E-state index is 13.0. The third-order valence-corrected chi connectivity index (χ3v) is 6.42. The van der Waals surface area contributed by atoms with Crippen LogP contribution in [0.2, 0.25) is 0 Å². The summed E-state index contributed by atoms with van der Waals surface area (Å²) in [6, 6.07) is 17.5.